The van der Waals surface area contributed by atoms with Gasteiger partial charge in [0.15, 0.2) is 0 Å². The molecule has 0 N–H and O–H groups in total. The van der Waals surface area contributed by atoms with E-state index in [1.54, 1.807) is 20.3 Å². The molecule has 0 radical (unpaired) electrons. The van der Waals surface area contributed by atoms with Crippen molar-refractivity contribution in [3.05, 3.63) is 18.2 Å². The van der Waals surface area contributed by atoms with Gasteiger partial charge in [-0.25, -0.2) is 0 Å². The SMILES string of the molecule is COc1ccc(-c2nnc(SCC(=O)N3CCC[C@H]4CCCC[C@H]43)o2)c(OC)c1. The normalized spacial score (nSPS) is 21.5. The number of rotatable bonds is 6. The van der Waals surface area contributed by atoms with Crippen LogP contribution in [-0.4, -0.2) is 53.6 Å². The van der Waals surface area contributed by atoms with Crippen LogP contribution in [0.2, 0.25) is 0 Å². The lowest BCUT2D eigenvalue weighted by atomic mass is 9.78. The van der Waals surface area contributed by atoms with Crippen LogP contribution in [-0.2, 0) is 4.79 Å². The van der Waals surface area contributed by atoms with E-state index in [4.69, 9.17) is 13.9 Å². The second-order valence-corrected chi connectivity index (χ2v) is 8.50. The van der Waals surface area contributed by atoms with E-state index in [2.05, 4.69) is 15.1 Å². The summed E-state index contributed by atoms with van der Waals surface area (Å²) in [6, 6.07) is 5.83. The second-order valence-electron chi connectivity index (χ2n) is 7.57. The number of aromatic nitrogens is 2. The highest BCUT2D eigenvalue weighted by Crippen LogP contribution is 2.36. The first-order valence-corrected chi connectivity index (χ1v) is 11.2. The molecule has 0 unspecified atom stereocenters. The van der Waals surface area contributed by atoms with E-state index >= 15 is 0 Å². The minimum Gasteiger partial charge on any atom is -0.497 e. The number of nitrogens with zero attached hydrogens (tertiary/aromatic N) is 3. The molecule has 1 amide bonds. The van der Waals surface area contributed by atoms with E-state index < -0.39 is 0 Å². The van der Waals surface area contributed by atoms with Crippen LogP contribution in [0.1, 0.15) is 38.5 Å². The third-order valence-electron chi connectivity index (χ3n) is 5.93. The first kappa shape index (κ1) is 20.1. The molecule has 2 aliphatic rings. The maximum Gasteiger partial charge on any atom is 0.277 e. The monoisotopic (exact) mass is 417 g/mol. The molecule has 1 saturated carbocycles. The van der Waals surface area contributed by atoms with Crippen LogP contribution in [0, 0.1) is 5.92 Å². The molecule has 1 aromatic heterocycles. The summed E-state index contributed by atoms with van der Waals surface area (Å²) in [5, 5.41) is 8.61. The standard InChI is InChI=1S/C21H27N3O4S/c1-26-15-9-10-16(18(12-15)27-2)20-22-23-21(28-20)29-13-19(25)24-11-5-7-14-6-3-4-8-17(14)24/h9-10,12,14,17H,3-8,11,13H2,1-2H3/t14-,17-/m1/s1. The molecule has 7 nitrogen and oxygen atoms in total. The van der Waals surface area contributed by atoms with Crippen LogP contribution in [0.3, 0.4) is 0 Å². The van der Waals surface area contributed by atoms with Crippen molar-refractivity contribution in [1.29, 1.82) is 0 Å². The summed E-state index contributed by atoms with van der Waals surface area (Å²) in [6.45, 7) is 0.874. The summed E-state index contributed by atoms with van der Waals surface area (Å²) < 4.78 is 16.4. The van der Waals surface area contributed by atoms with Gasteiger partial charge >= 0.3 is 0 Å². The molecule has 29 heavy (non-hydrogen) atoms. The molecule has 2 aromatic rings. The van der Waals surface area contributed by atoms with Crippen molar-refractivity contribution in [2.75, 3.05) is 26.5 Å². The van der Waals surface area contributed by atoms with Crippen LogP contribution in [0.15, 0.2) is 27.8 Å². The van der Waals surface area contributed by atoms with Crippen molar-refractivity contribution >= 4 is 17.7 Å². The number of hydrogen-bond donors (Lipinski definition) is 0. The number of piperidine rings is 1. The fourth-order valence-electron chi connectivity index (χ4n) is 4.49. The van der Waals surface area contributed by atoms with Crippen LogP contribution >= 0.6 is 11.8 Å². The largest absolute Gasteiger partial charge is 0.497 e. The highest BCUT2D eigenvalue weighted by molar-refractivity contribution is 7.99. The highest BCUT2D eigenvalue weighted by Gasteiger charge is 2.35. The molecule has 2 atom stereocenters. The summed E-state index contributed by atoms with van der Waals surface area (Å²) in [7, 11) is 3.19. The maximum absolute atomic E-state index is 12.9. The van der Waals surface area contributed by atoms with Gasteiger partial charge in [-0.3, -0.25) is 4.79 Å². The molecule has 1 aliphatic carbocycles. The van der Waals surface area contributed by atoms with E-state index in [1.165, 1.54) is 37.4 Å². The average molecular weight is 418 g/mol. The van der Waals surface area contributed by atoms with E-state index in [-0.39, 0.29) is 5.91 Å². The Hall–Kier alpha value is -2.22. The lowest BCUT2D eigenvalue weighted by molar-refractivity contribution is -0.134. The van der Waals surface area contributed by atoms with Gasteiger partial charge in [0.25, 0.3) is 11.1 Å². The van der Waals surface area contributed by atoms with Gasteiger partial charge in [-0.1, -0.05) is 24.6 Å². The quantitative estimate of drug-likeness (QED) is 0.657. The van der Waals surface area contributed by atoms with E-state index in [1.807, 2.05) is 12.1 Å². The molecule has 1 aromatic carbocycles. The summed E-state index contributed by atoms with van der Waals surface area (Å²) in [5.41, 5.74) is 0.694. The fraction of sp³-hybridized carbons (Fsp3) is 0.571. The Kier molecular flexibility index (Phi) is 6.28. The van der Waals surface area contributed by atoms with Crippen molar-refractivity contribution in [2.24, 2.45) is 5.92 Å². The van der Waals surface area contributed by atoms with Crippen molar-refractivity contribution in [2.45, 2.75) is 49.8 Å². The van der Waals surface area contributed by atoms with Crippen LogP contribution < -0.4 is 9.47 Å². The van der Waals surface area contributed by atoms with Crippen LogP contribution in [0.25, 0.3) is 11.5 Å². The molecule has 156 valence electrons. The van der Waals surface area contributed by atoms with Crippen LogP contribution in [0.4, 0.5) is 0 Å². The first-order chi connectivity index (χ1) is 14.2. The predicted molar refractivity (Wildman–Crippen MR) is 110 cm³/mol. The third-order valence-corrected chi connectivity index (χ3v) is 6.73. The number of ether oxygens (including phenoxy) is 2. The molecule has 1 aliphatic heterocycles. The number of likely N-dealkylation sites (tertiary alicyclic amines) is 1. The smallest absolute Gasteiger partial charge is 0.277 e. The van der Waals surface area contributed by atoms with Gasteiger partial charge < -0.3 is 18.8 Å². The van der Waals surface area contributed by atoms with Crippen molar-refractivity contribution < 1.29 is 18.7 Å². The van der Waals surface area contributed by atoms with Gasteiger partial charge in [0.1, 0.15) is 11.5 Å². The van der Waals surface area contributed by atoms with Crippen molar-refractivity contribution in [3.63, 3.8) is 0 Å². The number of fused-ring (bicyclic) bond motifs is 1. The summed E-state index contributed by atoms with van der Waals surface area (Å²) in [5.74, 6) is 2.83. The maximum atomic E-state index is 12.9. The van der Waals surface area contributed by atoms with Crippen molar-refractivity contribution in [3.8, 4) is 23.0 Å². The number of thioether (sulfide) groups is 1. The number of hydrogen-bond acceptors (Lipinski definition) is 7. The van der Waals surface area contributed by atoms with Gasteiger partial charge in [-0.15, -0.1) is 10.2 Å². The molecule has 8 heteroatoms. The molecule has 2 heterocycles. The predicted octanol–water partition coefficient (Wildman–Crippen LogP) is 4.03. The average Bonchev–Trinajstić information content (AvgIpc) is 3.25. The third kappa shape index (κ3) is 4.37. The summed E-state index contributed by atoms with van der Waals surface area (Å²) in [4.78, 5) is 15.0. The van der Waals surface area contributed by atoms with E-state index in [0.29, 0.717) is 45.9 Å². The molecule has 1 saturated heterocycles. The summed E-state index contributed by atoms with van der Waals surface area (Å²) in [6.07, 6.45) is 7.31. The zero-order valence-electron chi connectivity index (χ0n) is 16.9. The fourth-order valence-corrected chi connectivity index (χ4v) is 5.14. The Morgan fingerprint density at radius 1 is 1.17 bits per heavy atom. The van der Waals surface area contributed by atoms with Gasteiger partial charge in [0, 0.05) is 18.7 Å². The van der Waals surface area contributed by atoms with E-state index in [0.717, 1.165) is 19.4 Å². The Morgan fingerprint density at radius 3 is 2.83 bits per heavy atom. The van der Waals surface area contributed by atoms with Gasteiger partial charge in [0.2, 0.25) is 5.91 Å². The molecule has 0 bridgehead atoms. The number of carbonyl (C=O) groups is 1. The lowest BCUT2D eigenvalue weighted by Gasteiger charge is -2.44. The number of methoxy groups -OCH3 is 2. The lowest BCUT2D eigenvalue weighted by Crippen LogP contribution is -2.50. The molecular formula is C21H27N3O4S. The summed E-state index contributed by atoms with van der Waals surface area (Å²) >= 11 is 1.30. The Morgan fingerprint density at radius 2 is 2.00 bits per heavy atom. The topological polar surface area (TPSA) is 77.7 Å². The Labute approximate surface area is 175 Å². The Bertz CT molecular complexity index is 854. The molecule has 2 fully saturated rings. The van der Waals surface area contributed by atoms with Gasteiger partial charge in [0.05, 0.1) is 25.5 Å². The second kappa shape index (κ2) is 9.07. The van der Waals surface area contributed by atoms with E-state index in [9.17, 15) is 4.79 Å². The van der Waals surface area contributed by atoms with Crippen molar-refractivity contribution in [1.82, 2.24) is 15.1 Å². The Balaban J connectivity index is 1.40. The highest BCUT2D eigenvalue weighted by atomic mass is 32.2. The zero-order chi connectivity index (χ0) is 20.2. The molecular weight excluding hydrogens is 390 g/mol. The zero-order valence-corrected chi connectivity index (χ0v) is 17.7. The van der Waals surface area contributed by atoms with Gasteiger partial charge in [-0.05, 0) is 43.7 Å². The number of benzene rings is 1. The molecule has 4 rings (SSSR count). The number of carbonyl (C=O) groups excluding carboxylic acids is 1. The van der Waals surface area contributed by atoms with Crippen LogP contribution in [0.5, 0.6) is 11.5 Å². The molecule has 0 spiro atoms. The number of amides is 1. The first-order valence-electron chi connectivity index (χ1n) is 10.2. The minimum atomic E-state index is 0.174. The minimum absolute atomic E-state index is 0.174. The van der Waals surface area contributed by atoms with Gasteiger partial charge in [-0.2, -0.15) is 0 Å².